The first-order valence-corrected chi connectivity index (χ1v) is 9.08. The van der Waals surface area contributed by atoms with Crippen molar-refractivity contribution >= 4 is 31.6 Å². The zero-order valence-corrected chi connectivity index (χ0v) is 13.5. The van der Waals surface area contributed by atoms with E-state index in [-0.39, 0.29) is 28.2 Å². The van der Waals surface area contributed by atoms with Gasteiger partial charge in [0.25, 0.3) is 0 Å². The van der Waals surface area contributed by atoms with Gasteiger partial charge in [0.2, 0.25) is 0 Å². The Labute approximate surface area is 126 Å². The predicted molar refractivity (Wildman–Crippen MR) is 81.3 cm³/mol. The molecule has 4 heteroatoms. The van der Waals surface area contributed by atoms with Gasteiger partial charge in [-0.05, 0) is 0 Å². The van der Waals surface area contributed by atoms with E-state index in [1.165, 1.54) is 19.8 Å². The topological polar surface area (TPSA) is 40.5 Å². The van der Waals surface area contributed by atoms with E-state index in [1.54, 1.807) is 0 Å². The minimum atomic E-state index is -0.679. The van der Waals surface area contributed by atoms with Crippen molar-refractivity contribution in [2.24, 2.45) is 0 Å². The van der Waals surface area contributed by atoms with Gasteiger partial charge in [-0.3, -0.25) is 0 Å². The van der Waals surface area contributed by atoms with E-state index in [4.69, 9.17) is 0 Å². The second-order valence-electron chi connectivity index (χ2n) is 5.39. The molecule has 3 nitrogen and oxygen atoms in total. The summed E-state index contributed by atoms with van der Waals surface area (Å²) in [6, 6.07) is 8.75. The summed E-state index contributed by atoms with van der Waals surface area (Å²) in [6.45, 7) is 4.17. The summed E-state index contributed by atoms with van der Waals surface area (Å²) in [6.07, 6.45) is 2.42. The van der Waals surface area contributed by atoms with Crippen molar-refractivity contribution in [3.05, 3.63) is 34.2 Å². The summed E-state index contributed by atoms with van der Waals surface area (Å²) < 4.78 is 2.91. The Bertz CT molecular complexity index is 567. The van der Waals surface area contributed by atoms with Crippen LogP contribution in [0.1, 0.15) is 31.7 Å². The van der Waals surface area contributed by atoms with E-state index in [1.807, 2.05) is 0 Å². The van der Waals surface area contributed by atoms with Crippen LogP contribution in [0.15, 0.2) is 28.6 Å². The van der Waals surface area contributed by atoms with Crippen LogP contribution in [-0.4, -0.2) is 50.9 Å². The summed E-state index contributed by atoms with van der Waals surface area (Å²) in [5, 5.41) is 9.25. The van der Waals surface area contributed by atoms with Crippen LogP contribution in [-0.2, 0) is 4.79 Å². The molecule has 0 saturated carbocycles. The molecule has 0 saturated heterocycles. The molecule has 2 heterocycles. The van der Waals surface area contributed by atoms with Crippen molar-refractivity contribution < 1.29 is 9.90 Å². The van der Waals surface area contributed by atoms with E-state index in [0.717, 1.165) is 25.9 Å². The van der Waals surface area contributed by atoms with Crippen LogP contribution >= 0.6 is 0 Å². The average molecular weight is 332 g/mol. The third kappa shape index (κ3) is 2.45. The maximum atomic E-state index is 11.2. The second kappa shape index (κ2) is 5.75. The Morgan fingerprint density at radius 1 is 1.45 bits per heavy atom. The summed E-state index contributed by atoms with van der Waals surface area (Å²) in [7, 11) is 0. The van der Waals surface area contributed by atoms with Gasteiger partial charge in [-0.2, -0.15) is 0 Å². The molecule has 0 aliphatic carbocycles. The number of benzene rings is 1. The quantitative estimate of drug-likeness (QED) is 0.854. The SMILES string of the molecule is CCCN1CCC2=C([As]c3ccccc32)C1CC(=O)O. The standard InChI is InChI=1S/C16H19AsNO2/c1-2-8-18-9-7-12-11-5-3-4-6-13(11)17-16(12)14(18)10-15(19)20/h3-6,14H,2,7-10H2,1H3,(H,19,20). The van der Waals surface area contributed by atoms with Crippen LogP contribution in [0.3, 0.4) is 0 Å². The first kappa shape index (κ1) is 13.9. The summed E-state index contributed by atoms with van der Waals surface area (Å²) in [5.74, 6) is -0.679. The van der Waals surface area contributed by atoms with Crippen molar-refractivity contribution in [2.45, 2.75) is 32.2 Å². The first-order chi connectivity index (χ1) is 9.70. The van der Waals surface area contributed by atoms with Crippen molar-refractivity contribution in [1.29, 1.82) is 0 Å². The number of hydrogen-bond donors (Lipinski definition) is 1. The molecular formula is C16H19AsNO2. The molecule has 105 valence electrons. The van der Waals surface area contributed by atoms with E-state index in [9.17, 15) is 9.90 Å². The molecule has 1 N–H and O–H groups in total. The Kier molecular flexibility index (Phi) is 4.00. The molecule has 0 fully saturated rings. The molecule has 1 radical (unpaired) electrons. The van der Waals surface area contributed by atoms with Gasteiger partial charge in [0, 0.05) is 0 Å². The van der Waals surface area contributed by atoms with Crippen LogP contribution in [0, 0.1) is 0 Å². The van der Waals surface area contributed by atoms with Crippen LogP contribution < -0.4 is 4.35 Å². The van der Waals surface area contributed by atoms with Crippen LogP contribution in [0.4, 0.5) is 0 Å². The number of rotatable bonds is 4. The molecule has 0 amide bonds. The maximum absolute atomic E-state index is 11.2. The molecule has 1 aromatic rings. The third-order valence-corrected chi connectivity index (χ3v) is 7.08. The molecule has 0 aromatic heterocycles. The number of fused-ring (bicyclic) bond motifs is 2. The molecule has 20 heavy (non-hydrogen) atoms. The fourth-order valence-electron chi connectivity index (χ4n) is 3.23. The van der Waals surface area contributed by atoms with Crippen molar-refractivity contribution in [1.82, 2.24) is 4.90 Å². The van der Waals surface area contributed by atoms with Gasteiger partial charge in [0.05, 0.1) is 0 Å². The van der Waals surface area contributed by atoms with Gasteiger partial charge >= 0.3 is 126 Å². The molecule has 2 aliphatic rings. The Hall–Kier alpha value is -1.05. The van der Waals surface area contributed by atoms with Crippen LogP contribution in [0.2, 0.25) is 0 Å². The molecule has 0 spiro atoms. The molecule has 1 unspecified atom stereocenters. The minimum absolute atomic E-state index is 0.0111. The van der Waals surface area contributed by atoms with E-state index < -0.39 is 5.97 Å². The number of aliphatic carboxylic acids is 1. The van der Waals surface area contributed by atoms with Gasteiger partial charge in [0.15, 0.2) is 0 Å². The van der Waals surface area contributed by atoms with Crippen LogP contribution in [0.5, 0.6) is 0 Å². The molecule has 2 aliphatic heterocycles. The second-order valence-corrected chi connectivity index (χ2v) is 7.88. The Balaban J connectivity index is 1.95. The average Bonchev–Trinajstić information content (AvgIpc) is 2.80. The fourth-order valence-corrected chi connectivity index (χ4v) is 6.42. The van der Waals surface area contributed by atoms with Gasteiger partial charge in [-0.25, -0.2) is 0 Å². The number of nitrogens with zero attached hydrogens (tertiary/aromatic N) is 1. The molecular weight excluding hydrogens is 313 g/mol. The monoisotopic (exact) mass is 332 g/mol. The zero-order valence-electron chi connectivity index (χ0n) is 11.7. The number of hydrogen-bond acceptors (Lipinski definition) is 2. The van der Waals surface area contributed by atoms with E-state index in [2.05, 4.69) is 36.1 Å². The Morgan fingerprint density at radius 2 is 2.25 bits per heavy atom. The van der Waals surface area contributed by atoms with E-state index in [0.29, 0.717) is 0 Å². The van der Waals surface area contributed by atoms with Gasteiger partial charge in [0.1, 0.15) is 0 Å². The zero-order chi connectivity index (χ0) is 14.1. The van der Waals surface area contributed by atoms with Crippen molar-refractivity contribution in [3.8, 4) is 0 Å². The van der Waals surface area contributed by atoms with Gasteiger partial charge in [-0.1, -0.05) is 0 Å². The van der Waals surface area contributed by atoms with E-state index >= 15 is 0 Å². The molecule has 1 aromatic carbocycles. The normalized spacial score (nSPS) is 22.9. The summed E-state index contributed by atoms with van der Waals surface area (Å²) >= 11 is -0.0111. The molecule has 0 bridgehead atoms. The first-order valence-electron chi connectivity index (χ1n) is 7.20. The predicted octanol–water partition coefficient (Wildman–Crippen LogP) is 1.70. The molecule has 3 rings (SSSR count). The summed E-state index contributed by atoms with van der Waals surface area (Å²) in [5.41, 5.74) is 2.85. The molecule has 1 atom stereocenters. The third-order valence-electron chi connectivity index (χ3n) is 4.06. The number of carboxylic acids is 1. The van der Waals surface area contributed by atoms with Crippen molar-refractivity contribution in [3.63, 3.8) is 0 Å². The number of carboxylic acid groups (broad SMARTS) is 1. The van der Waals surface area contributed by atoms with Gasteiger partial charge < -0.3 is 0 Å². The van der Waals surface area contributed by atoms with Crippen LogP contribution in [0.25, 0.3) is 5.57 Å². The fraction of sp³-hybridized carbons (Fsp3) is 0.438. The summed E-state index contributed by atoms with van der Waals surface area (Å²) in [4.78, 5) is 13.6. The number of carbonyl (C=O) groups is 1. The Morgan fingerprint density at radius 3 is 3.00 bits per heavy atom. The van der Waals surface area contributed by atoms with Gasteiger partial charge in [-0.15, -0.1) is 0 Å². The van der Waals surface area contributed by atoms with Crippen molar-refractivity contribution in [2.75, 3.05) is 13.1 Å².